The van der Waals surface area contributed by atoms with Crippen LogP contribution in [0.4, 0.5) is 0 Å². The molecule has 1 saturated heterocycles. The fourth-order valence-electron chi connectivity index (χ4n) is 1.98. The Morgan fingerprint density at radius 1 is 1.59 bits per heavy atom. The summed E-state index contributed by atoms with van der Waals surface area (Å²) in [4.78, 5) is 22.5. The molecule has 0 aromatic rings. The number of hydrogen-bond acceptors (Lipinski definition) is 4. The fraction of sp³-hybridized carbons (Fsp3) is 0.818. The van der Waals surface area contributed by atoms with E-state index in [9.17, 15) is 9.59 Å². The summed E-state index contributed by atoms with van der Waals surface area (Å²) in [5, 5.41) is -0.297. The van der Waals surface area contributed by atoms with Gasteiger partial charge < -0.3 is 15.0 Å². The monoisotopic (exact) mass is 258 g/mol. The van der Waals surface area contributed by atoms with Crippen molar-refractivity contribution in [3.05, 3.63) is 0 Å². The van der Waals surface area contributed by atoms with Crippen LogP contribution >= 0.6 is 0 Å². The van der Waals surface area contributed by atoms with Crippen LogP contribution in [0.5, 0.6) is 0 Å². The zero-order chi connectivity index (χ0) is 13.3. The highest BCUT2D eigenvalue weighted by Crippen LogP contribution is 2.41. The van der Waals surface area contributed by atoms with Crippen molar-refractivity contribution in [1.82, 2.24) is 4.57 Å². The second-order valence-corrected chi connectivity index (χ2v) is 10.3. The molecule has 1 fully saturated rings. The number of esters is 1. The average Bonchev–Trinajstić information content (AvgIpc) is 2.22. The van der Waals surface area contributed by atoms with Crippen LogP contribution in [0.1, 0.15) is 20.3 Å². The van der Waals surface area contributed by atoms with Crippen LogP contribution in [0.3, 0.4) is 0 Å². The molecule has 1 atom stereocenters. The van der Waals surface area contributed by atoms with Gasteiger partial charge in [0.25, 0.3) is 0 Å². The van der Waals surface area contributed by atoms with Gasteiger partial charge in [-0.25, -0.2) is 0 Å². The quantitative estimate of drug-likeness (QED) is 0.448. The average molecular weight is 258 g/mol. The first-order chi connectivity index (χ1) is 7.74. The molecule has 5 nitrogen and oxygen atoms in total. The van der Waals surface area contributed by atoms with E-state index in [1.165, 1.54) is 6.92 Å². The van der Waals surface area contributed by atoms with Gasteiger partial charge in [-0.05, 0) is 0 Å². The van der Waals surface area contributed by atoms with Gasteiger partial charge in [0, 0.05) is 31.5 Å². The highest BCUT2D eigenvalue weighted by molar-refractivity contribution is 6.80. The topological polar surface area (TPSA) is 72.6 Å². The van der Waals surface area contributed by atoms with Crippen molar-refractivity contribution >= 4 is 20.1 Å². The Morgan fingerprint density at radius 2 is 2.18 bits per heavy atom. The van der Waals surface area contributed by atoms with E-state index in [-0.39, 0.29) is 16.9 Å². The molecule has 1 rings (SSSR count). The van der Waals surface area contributed by atoms with Crippen molar-refractivity contribution in [2.45, 2.75) is 38.4 Å². The molecule has 0 aromatic heterocycles. The molecule has 1 aliphatic rings. The van der Waals surface area contributed by atoms with E-state index >= 15 is 0 Å². The molecule has 1 amide bonds. The van der Waals surface area contributed by atoms with E-state index in [1.54, 1.807) is 0 Å². The van der Waals surface area contributed by atoms with Crippen LogP contribution in [0.2, 0.25) is 18.1 Å². The van der Waals surface area contributed by atoms with Gasteiger partial charge in [-0.15, -0.1) is 0 Å². The lowest BCUT2D eigenvalue weighted by atomic mass is 10.2. The molecule has 98 valence electrons. The first kappa shape index (κ1) is 14.2. The largest absolute Gasteiger partial charge is 0.465 e. The van der Waals surface area contributed by atoms with Crippen molar-refractivity contribution < 1.29 is 14.3 Å². The van der Waals surface area contributed by atoms with Crippen LogP contribution in [0, 0.1) is 0 Å². The maximum Gasteiger partial charge on any atom is 0.302 e. The number of ether oxygens (including phenoxy) is 1. The predicted octanol–water partition coefficient (Wildman–Crippen LogP) is 0.706. The van der Waals surface area contributed by atoms with E-state index < -0.39 is 8.24 Å². The summed E-state index contributed by atoms with van der Waals surface area (Å²) in [6, 6.07) is 0. The van der Waals surface area contributed by atoms with E-state index in [4.69, 9.17) is 10.5 Å². The summed E-state index contributed by atoms with van der Waals surface area (Å²) in [7, 11) is -2.02. The molecule has 1 heterocycles. The van der Waals surface area contributed by atoms with Crippen LogP contribution < -0.4 is 5.73 Å². The minimum atomic E-state index is -2.02. The number of nitrogens with zero attached hydrogens (tertiary/aromatic N) is 1. The first-order valence-corrected chi connectivity index (χ1v) is 8.83. The van der Waals surface area contributed by atoms with Gasteiger partial charge in [0.15, 0.2) is 8.24 Å². The van der Waals surface area contributed by atoms with E-state index in [0.717, 1.165) is 6.54 Å². The number of nitrogens with two attached hydrogens (primary N) is 1. The zero-order valence-electron chi connectivity index (χ0n) is 11.1. The van der Waals surface area contributed by atoms with Crippen LogP contribution in [-0.2, 0) is 14.3 Å². The molecular formula is C11H22N2O3Si. The maximum atomic E-state index is 11.6. The summed E-state index contributed by atoms with van der Waals surface area (Å²) in [5.41, 5.74) is 5.85. The molecule has 0 bridgehead atoms. The third-order valence-electron chi connectivity index (χ3n) is 4.05. The minimum Gasteiger partial charge on any atom is -0.465 e. The Kier molecular flexibility index (Phi) is 3.98. The number of rotatable bonds is 5. The third kappa shape index (κ3) is 2.52. The third-order valence-corrected chi connectivity index (χ3v) is 9.17. The molecule has 0 aromatic carbocycles. The van der Waals surface area contributed by atoms with Crippen molar-refractivity contribution in [2.24, 2.45) is 5.73 Å². The van der Waals surface area contributed by atoms with Gasteiger partial charge in [0.05, 0.1) is 6.61 Å². The van der Waals surface area contributed by atoms with Gasteiger partial charge >= 0.3 is 5.97 Å². The normalized spacial score (nSPS) is 19.6. The minimum absolute atomic E-state index is 0.198. The second-order valence-electron chi connectivity index (χ2n) is 5.40. The van der Waals surface area contributed by atoms with Crippen molar-refractivity contribution in [3.8, 4) is 0 Å². The predicted molar refractivity (Wildman–Crippen MR) is 67.9 cm³/mol. The van der Waals surface area contributed by atoms with Crippen LogP contribution in [0.15, 0.2) is 0 Å². The molecule has 0 aliphatic carbocycles. The SMILES string of the molecule is CC(=O)OCC(C)(CN)[Si](C)(C)N1CCC1=O. The number of β-lactam (4-membered cyclic amide) rings is 1. The highest BCUT2D eigenvalue weighted by Gasteiger charge is 2.51. The molecule has 0 radical (unpaired) electrons. The fourth-order valence-corrected chi connectivity index (χ4v) is 4.96. The van der Waals surface area contributed by atoms with Gasteiger partial charge in [0.2, 0.25) is 5.91 Å². The van der Waals surface area contributed by atoms with E-state index in [1.807, 2.05) is 11.5 Å². The van der Waals surface area contributed by atoms with Gasteiger partial charge in [-0.1, -0.05) is 20.0 Å². The summed E-state index contributed by atoms with van der Waals surface area (Å²) in [6.07, 6.45) is 0.630. The number of carbonyl (C=O) groups excluding carboxylic acids is 2. The van der Waals surface area contributed by atoms with E-state index in [2.05, 4.69) is 13.1 Å². The van der Waals surface area contributed by atoms with Crippen molar-refractivity contribution in [1.29, 1.82) is 0 Å². The summed E-state index contributed by atoms with van der Waals surface area (Å²) >= 11 is 0. The number of carbonyl (C=O) groups is 2. The lowest BCUT2D eigenvalue weighted by molar-refractivity contribution is -0.141. The number of hydrogen-bond donors (Lipinski definition) is 1. The molecule has 1 unspecified atom stereocenters. The molecule has 1 aliphatic heterocycles. The van der Waals surface area contributed by atoms with Gasteiger partial charge in [0.1, 0.15) is 0 Å². The molecule has 6 heteroatoms. The lowest BCUT2D eigenvalue weighted by Crippen LogP contribution is -2.66. The highest BCUT2D eigenvalue weighted by atomic mass is 28.3. The Labute approximate surface area is 103 Å². The second kappa shape index (κ2) is 4.78. The maximum absolute atomic E-state index is 11.6. The molecule has 17 heavy (non-hydrogen) atoms. The van der Waals surface area contributed by atoms with Crippen LogP contribution in [-0.4, -0.2) is 44.4 Å². The Hall–Kier alpha value is -0.883. The summed E-state index contributed by atoms with van der Waals surface area (Å²) in [5.74, 6) is -0.103. The Morgan fingerprint density at radius 3 is 2.47 bits per heavy atom. The van der Waals surface area contributed by atoms with Gasteiger partial charge in [-0.3, -0.25) is 9.59 Å². The summed E-state index contributed by atoms with van der Waals surface area (Å²) in [6.45, 7) is 9.15. The zero-order valence-corrected chi connectivity index (χ0v) is 12.1. The Balaban J connectivity index is 2.82. The van der Waals surface area contributed by atoms with Gasteiger partial charge in [-0.2, -0.15) is 0 Å². The first-order valence-electron chi connectivity index (χ1n) is 5.88. The molecule has 0 saturated carbocycles. The molecule has 2 N–H and O–H groups in total. The van der Waals surface area contributed by atoms with E-state index in [0.29, 0.717) is 19.6 Å². The standard InChI is InChI=1S/C11H22N2O3Si/c1-9(14)16-8-11(2,7-12)17(3,4)13-6-5-10(13)15/h5-8,12H2,1-4H3. The lowest BCUT2D eigenvalue weighted by Gasteiger charge is -2.52. The molecule has 0 spiro atoms. The van der Waals surface area contributed by atoms with Crippen molar-refractivity contribution in [2.75, 3.05) is 19.7 Å². The summed E-state index contributed by atoms with van der Waals surface area (Å²) < 4.78 is 7.06. The number of amides is 1. The Bertz CT molecular complexity index is 333. The van der Waals surface area contributed by atoms with Crippen LogP contribution in [0.25, 0.3) is 0 Å². The smallest absolute Gasteiger partial charge is 0.302 e. The van der Waals surface area contributed by atoms with Crippen molar-refractivity contribution in [3.63, 3.8) is 0 Å². The molecular weight excluding hydrogens is 236 g/mol.